The van der Waals surface area contributed by atoms with Crippen LogP contribution in [-0.4, -0.2) is 40.3 Å². The summed E-state index contributed by atoms with van der Waals surface area (Å²) >= 11 is 0. The SMILES string of the molecule is Cc1nnc(N/N=C(\[O-])[C@H]2CC(=O)N(c3ccc4c(c3)OCO4)C2)[nH]c1=O. The van der Waals surface area contributed by atoms with Crippen molar-refractivity contribution in [2.45, 2.75) is 13.3 Å². The van der Waals surface area contributed by atoms with Crippen molar-refractivity contribution in [2.75, 3.05) is 23.7 Å². The fraction of sp³-hybridized carbons (Fsp3) is 0.312. The summed E-state index contributed by atoms with van der Waals surface area (Å²) in [6, 6.07) is 5.16. The van der Waals surface area contributed by atoms with Gasteiger partial charge in [-0.05, 0) is 25.0 Å². The van der Waals surface area contributed by atoms with Gasteiger partial charge in [-0.25, -0.2) is 5.43 Å². The van der Waals surface area contributed by atoms with Crippen LogP contribution in [0.1, 0.15) is 12.1 Å². The lowest BCUT2D eigenvalue weighted by atomic mass is 10.1. The third-order valence-corrected chi connectivity index (χ3v) is 4.27. The van der Waals surface area contributed by atoms with Crippen molar-refractivity contribution in [2.24, 2.45) is 11.0 Å². The lowest BCUT2D eigenvalue weighted by Crippen LogP contribution is -2.32. The number of ether oxygens (including phenoxy) is 2. The number of aromatic amines is 1. The number of aryl methyl sites for hydroxylation is 1. The highest BCUT2D eigenvalue weighted by molar-refractivity contribution is 6.00. The number of H-pyrrole nitrogens is 1. The van der Waals surface area contributed by atoms with Crippen molar-refractivity contribution in [1.29, 1.82) is 0 Å². The summed E-state index contributed by atoms with van der Waals surface area (Å²) < 4.78 is 10.6. The molecule has 1 saturated heterocycles. The van der Waals surface area contributed by atoms with E-state index < -0.39 is 17.4 Å². The van der Waals surface area contributed by atoms with E-state index in [2.05, 4.69) is 25.7 Å². The van der Waals surface area contributed by atoms with Crippen molar-refractivity contribution in [3.8, 4) is 11.5 Å². The first kappa shape index (κ1) is 16.8. The second kappa shape index (κ2) is 6.59. The van der Waals surface area contributed by atoms with E-state index >= 15 is 0 Å². The number of hydrogen-bond acceptors (Lipinski definition) is 9. The van der Waals surface area contributed by atoms with Crippen LogP contribution in [0.15, 0.2) is 28.1 Å². The number of benzene rings is 1. The molecular weight excluding hydrogens is 356 g/mol. The standard InChI is InChI=1S/C16H16N6O5/c1-8-14(24)17-16(20-18-8)21-19-15(25)9-4-13(23)22(6-9)10-2-3-11-12(5-10)27-7-26-11/h2-3,5,9H,4,6-7H2,1H3,(H,19,25)(H2,17,20,21,24)/p-1/t9-/m0/s1. The van der Waals surface area contributed by atoms with Gasteiger partial charge < -0.3 is 19.5 Å². The number of aromatic nitrogens is 3. The van der Waals surface area contributed by atoms with Crippen LogP contribution in [0.25, 0.3) is 0 Å². The van der Waals surface area contributed by atoms with Crippen molar-refractivity contribution < 1.29 is 19.4 Å². The van der Waals surface area contributed by atoms with Crippen molar-refractivity contribution in [3.63, 3.8) is 0 Å². The summed E-state index contributed by atoms with van der Waals surface area (Å²) in [5.41, 5.74) is 2.77. The molecular formula is C16H15N6O5-. The molecule has 0 bridgehead atoms. The number of fused-ring (bicyclic) bond motifs is 1. The molecule has 0 saturated carbocycles. The first-order chi connectivity index (χ1) is 13.0. The zero-order valence-electron chi connectivity index (χ0n) is 14.3. The molecule has 11 heteroatoms. The molecule has 0 radical (unpaired) electrons. The van der Waals surface area contributed by atoms with Gasteiger partial charge >= 0.3 is 0 Å². The molecule has 1 amide bonds. The molecule has 2 N–H and O–H groups in total. The number of carbonyl (C=O) groups is 1. The Bertz CT molecular complexity index is 988. The van der Waals surface area contributed by atoms with Gasteiger partial charge in [-0.1, -0.05) is 0 Å². The third-order valence-electron chi connectivity index (χ3n) is 4.27. The van der Waals surface area contributed by atoms with E-state index in [0.29, 0.717) is 17.2 Å². The summed E-state index contributed by atoms with van der Waals surface area (Å²) in [5.74, 6) is -0.189. The Morgan fingerprint density at radius 1 is 1.33 bits per heavy atom. The van der Waals surface area contributed by atoms with E-state index in [1.165, 1.54) is 11.8 Å². The summed E-state index contributed by atoms with van der Waals surface area (Å²) in [6.07, 6.45) is 0.0363. The molecule has 0 aliphatic carbocycles. The average Bonchev–Trinajstić information content (AvgIpc) is 3.28. The maximum atomic E-state index is 12.3. The maximum absolute atomic E-state index is 12.3. The Morgan fingerprint density at radius 3 is 2.96 bits per heavy atom. The highest BCUT2D eigenvalue weighted by Gasteiger charge is 2.31. The van der Waals surface area contributed by atoms with Crippen molar-refractivity contribution >= 4 is 23.4 Å². The van der Waals surface area contributed by atoms with Crippen LogP contribution in [0.3, 0.4) is 0 Å². The van der Waals surface area contributed by atoms with E-state index in [9.17, 15) is 14.7 Å². The lowest BCUT2D eigenvalue weighted by molar-refractivity contribution is -0.223. The van der Waals surface area contributed by atoms with Crippen LogP contribution < -0.4 is 30.5 Å². The number of nitrogens with zero attached hydrogens (tertiary/aromatic N) is 4. The molecule has 1 fully saturated rings. The Labute approximate surface area is 152 Å². The van der Waals surface area contributed by atoms with E-state index in [0.717, 1.165) is 0 Å². The molecule has 4 rings (SSSR count). The zero-order chi connectivity index (χ0) is 19.0. The molecule has 3 heterocycles. The van der Waals surface area contributed by atoms with Gasteiger partial charge in [0.25, 0.3) is 5.56 Å². The second-order valence-electron chi connectivity index (χ2n) is 6.09. The molecule has 1 aromatic heterocycles. The van der Waals surface area contributed by atoms with Gasteiger partial charge in [0.1, 0.15) is 5.69 Å². The summed E-state index contributed by atoms with van der Waals surface area (Å²) in [6.45, 7) is 1.84. The maximum Gasteiger partial charge on any atom is 0.274 e. The van der Waals surface area contributed by atoms with Crippen LogP contribution in [0.4, 0.5) is 11.6 Å². The van der Waals surface area contributed by atoms with E-state index in [-0.39, 0.29) is 37.3 Å². The van der Waals surface area contributed by atoms with Gasteiger partial charge in [0, 0.05) is 30.6 Å². The zero-order valence-corrected chi connectivity index (χ0v) is 14.3. The van der Waals surface area contributed by atoms with Crippen molar-refractivity contribution in [1.82, 2.24) is 15.2 Å². The minimum atomic E-state index is -0.611. The van der Waals surface area contributed by atoms with E-state index in [4.69, 9.17) is 9.47 Å². The van der Waals surface area contributed by atoms with E-state index in [1.54, 1.807) is 18.2 Å². The highest BCUT2D eigenvalue weighted by Crippen LogP contribution is 2.37. The normalized spacial score (nSPS) is 18.9. The molecule has 0 unspecified atom stereocenters. The molecule has 2 aromatic rings. The summed E-state index contributed by atoms with van der Waals surface area (Å²) in [4.78, 5) is 27.7. The Hall–Kier alpha value is -3.63. The number of carbonyl (C=O) groups excluding carboxylic acids is 1. The topological polar surface area (TPSA) is 145 Å². The summed E-state index contributed by atoms with van der Waals surface area (Å²) in [7, 11) is 0. The summed E-state index contributed by atoms with van der Waals surface area (Å²) in [5, 5.41) is 23.3. The molecule has 0 spiro atoms. The minimum Gasteiger partial charge on any atom is -0.860 e. The molecule has 2 aliphatic heterocycles. The fourth-order valence-corrected chi connectivity index (χ4v) is 2.82. The smallest absolute Gasteiger partial charge is 0.274 e. The predicted octanol–water partition coefficient (Wildman–Crippen LogP) is -0.659. The third kappa shape index (κ3) is 3.26. The number of hydrazone groups is 1. The minimum absolute atomic E-state index is 0.0363. The monoisotopic (exact) mass is 371 g/mol. The highest BCUT2D eigenvalue weighted by atomic mass is 16.7. The average molecular weight is 371 g/mol. The van der Waals surface area contributed by atoms with Crippen LogP contribution >= 0.6 is 0 Å². The molecule has 140 valence electrons. The molecule has 2 aliphatic rings. The first-order valence-electron chi connectivity index (χ1n) is 8.15. The molecule has 1 atom stereocenters. The first-order valence-corrected chi connectivity index (χ1v) is 8.15. The lowest BCUT2D eigenvalue weighted by Gasteiger charge is -2.19. The number of hydrogen-bond donors (Lipinski definition) is 2. The number of anilines is 2. The van der Waals surface area contributed by atoms with Crippen LogP contribution in [-0.2, 0) is 4.79 Å². The largest absolute Gasteiger partial charge is 0.860 e. The Kier molecular flexibility index (Phi) is 4.11. The second-order valence-corrected chi connectivity index (χ2v) is 6.09. The predicted molar refractivity (Wildman–Crippen MR) is 91.5 cm³/mol. The van der Waals surface area contributed by atoms with Gasteiger partial charge in [-0.2, -0.15) is 5.10 Å². The number of amides is 1. The van der Waals surface area contributed by atoms with Gasteiger partial charge in [0.15, 0.2) is 11.5 Å². The number of nitrogens with one attached hydrogen (secondary N) is 2. The Morgan fingerprint density at radius 2 is 2.15 bits per heavy atom. The molecule has 1 aromatic carbocycles. The molecule has 11 nitrogen and oxygen atoms in total. The fourth-order valence-electron chi connectivity index (χ4n) is 2.82. The van der Waals surface area contributed by atoms with Crippen molar-refractivity contribution in [3.05, 3.63) is 34.2 Å². The van der Waals surface area contributed by atoms with Crippen LogP contribution in [0.2, 0.25) is 0 Å². The van der Waals surface area contributed by atoms with Gasteiger partial charge in [-0.15, -0.1) is 10.2 Å². The Balaban J connectivity index is 1.46. The van der Waals surface area contributed by atoms with Gasteiger partial charge in [0.05, 0.1) is 0 Å². The van der Waals surface area contributed by atoms with Gasteiger partial charge in [0.2, 0.25) is 18.6 Å². The van der Waals surface area contributed by atoms with Crippen LogP contribution in [0, 0.1) is 12.8 Å². The molecule has 27 heavy (non-hydrogen) atoms. The number of rotatable bonds is 4. The van der Waals surface area contributed by atoms with E-state index in [1.807, 2.05) is 0 Å². The van der Waals surface area contributed by atoms with Gasteiger partial charge in [-0.3, -0.25) is 14.6 Å². The quantitative estimate of drug-likeness (QED) is 0.409. The van der Waals surface area contributed by atoms with Crippen LogP contribution in [0.5, 0.6) is 11.5 Å².